The van der Waals surface area contributed by atoms with Crippen molar-refractivity contribution >= 4 is 0 Å². The molecule has 1 atom stereocenters. The minimum Gasteiger partial charge on any atom is -0.493 e. The maximum Gasteiger partial charge on any atom is 0.161 e. The molecule has 1 aliphatic carbocycles. The van der Waals surface area contributed by atoms with E-state index in [2.05, 4.69) is 55.3 Å². The maximum absolute atomic E-state index is 5.94. The molecule has 0 saturated heterocycles. The van der Waals surface area contributed by atoms with Crippen LogP contribution in [0.3, 0.4) is 0 Å². The molecule has 0 aliphatic heterocycles. The Bertz CT molecular complexity index is 758. The lowest BCUT2D eigenvalue weighted by Crippen LogP contribution is -2.45. The molecule has 4 nitrogen and oxygen atoms in total. The molecular weight excluding hydrogens is 362 g/mol. The van der Waals surface area contributed by atoms with Gasteiger partial charge in [0.1, 0.15) is 0 Å². The first-order valence-electron chi connectivity index (χ1n) is 10.6. The quantitative estimate of drug-likeness (QED) is 0.539. The fourth-order valence-electron chi connectivity index (χ4n) is 4.43. The molecule has 2 aromatic rings. The first-order valence-corrected chi connectivity index (χ1v) is 10.6. The van der Waals surface area contributed by atoms with Gasteiger partial charge in [0.05, 0.1) is 27.4 Å². The molecule has 1 fully saturated rings. The average molecular weight is 398 g/mol. The summed E-state index contributed by atoms with van der Waals surface area (Å²) in [7, 11) is 5.62. The molecule has 0 radical (unpaired) electrons. The lowest BCUT2D eigenvalue weighted by atomic mass is 9.64. The monoisotopic (exact) mass is 397 g/mol. The van der Waals surface area contributed by atoms with E-state index in [-0.39, 0.29) is 5.41 Å². The number of hydrogen-bond donors (Lipinski definition) is 0. The van der Waals surface area contributed by atoms with Gasteiger partial charge in [0.15, 0.2) is 11.5 Å². The van der Waals surface area contributed by atoms with E-state index in [1.165, 1.54) is 30.4 Å². The van der Waals surface area contributed by atoms with E-state index in [0.717, 1.165) is 31.2 Å². The molecule has 1 saturated carbocycles. The predicted molar refractivity (Wildman–Crippen MR) is 118 cm³/mol. The van der Waals surface area contributed by atoms with E-state index < -0.39 is 0 Å². The van der Waals surface area contributed by atoms with E-state index in [1.54, 1.807) is 14.2 Å². The van der Waals surface area contributed by atoms with E-state index >= 15 is 0 Å². The van der Waals surface area contributed by atoms with E-state index in [9.17, 15) is 0 Å². The topological polar surface area (TPSA) is 30.9 Å². The largest absolute Gasteiger partial charge is 0.493 e. The Hall–Kier alpha value is -2.04. The number of ether oxygens (including phenoxy) is 3. The molecule has 0 unspecified atom stereocenters. The van der Waals surface area contributed by atoms with Crippen LogP contribution in [0.5, 0.6) is 11.5 Å². The lowest BCUT2D eigenvalue weighted by molar-refractivity contribution is 0.0714. The number of benzene rings is 2. The summed E-state index contributed by atoms with van der Waals surface area (Å²) in [5, 5.41) is 0. The van der Waals surface area contributed by atoms with Crippen molar-refractivity contribution in [1.29, 1.82) is 0 Å². The van der Waals surface area contributed by atoms with Gasteiger partial charge in [0.2, 0.25) is 0 Å². The number of nitrogens with zero attached hydrogens (tertiary/aromatic N) is 1. The van der Waals surface area contributed by atoms with Crippen molar-refractivity contribution in [3.63, 3.8) is 0 Å². The van der Waals surface area contributed by atoms with Gasteiger partial charge in [0.25, 0.3) is 0 Å². The highest BCUT2D eigenvalue weighted by Crippen LogP contribution is 2.46. The van der Waals surface area contributed by atoms with Crippen molar-refractivity contribution in [3.8, 4) is 11.5 Å². The zero-order chi connectivity index (χ0) is 20.7. The molecule has 0 amide bonds. The van der Waals surface area contributed by atoms with E-state index in [0.29, 0.717) is 12.5 Å². The van der Waals surface area contributed by atoms with Gasteiger partial charge in [-0.25, -0.2) is 0 Å². The van der Waals surface area contributed by atoms with Crippen molar-refractivity contribution in [3.05, 3.63) is 59.7 Å². The molecule has 0 spiro atoms. The highest BCUT2D eigenvalue weighted by Gasteiger charge is 2.40. The SMILES string of the molecule is COc1ccc(C2(CN(C)C[C@@H](C)COCc3ccccc3)CCC2)cc1OC. The minimum atomic E-state index is 0.221. The van der Waals surface area contributed by atoms with Crippen LogP contribution in [0.2, 0.25) is 0 Å². The highest BCUT2D eigenvalue weighted by molar-refractivity contribution is 5.46. The zero-order valence-electron chi connectivity index (χ0n) is 18.3. The number of rotatable bonds is 11. The standard InChI is InChI=1S/C25H35NO3/c1-20(17-29-18-21-9-6-5-7-10-21)16-26(2)19-25(13-8-14-25)22-11-12-23(27-3)24(15-22)28-4/h5-7,9-12,15,20H,8,13-14,16-19H2,1-4H3/t20-/m1/s1. The van der Waals surface area contributed by atoms with Crippen LogP contribution in [0.15, 0.2) is 48.5 Å². The van der Waals surface area contributed by atoms with Crippen LogP contribution in [0.1, 0.15) is 37.3 Å². The van der Waals surface area contributed by atoms with Crippen LogP contribution in [-0.4, -0.2) is 45.9 Å². The van der Waals surface area contributed by atoms with E-state index in [4.69, 9.17) is 14.2 Å². The third-order valence-corrected chi connectivity index (χ3v) is 6.02. The summed E-state index contributed by atoms with van der Waals surface area (Å²) >= 11 is 0. The summed E-state index contributed by atoms with van der Waals surface area (Å²) < 4.78 is 16.9. The van der Waals surface area contributed by atoms with Crippen LogP contribution in [0.25, 0.3) is 0 Å². The molecule has 2 aromatic carbocycles. The van der Waals surface area contributed by atoms with Gasteiger partial charge in [-0.2, -0.15) is 0 Å². The Morgan fingerprint density at radius 1 is 1.00 bits per heavy atom. The fraction of sp³-hybridized carbons (Fsp3) is 0.520. The van der Waals surface area contributed by atoms with Crippen LogP contribution < -0.4 is 9.47 Å². The molecular formula is C25H35NO3. The van der Waals surface area contributed by atoms with Gasteiger partial charge in [-0.05, 0) is 49.1 Å². The Balaban J connectivity index is 1.53. The van der Waals surface area contributed by atoms with Crippen LogP contribution in [0, 0.1) is 5.92 Å². The molecule has 0 N–H and O–H groups in total. The summed E-state index contributed by atoms with van der Waals surface area (Å²) in [5.74, 6) is 2.11. The second-order valence-corrected chi connectivity index (χ2v) is 8.51. The van der Waals surface area contributed by atoms with E-state index in [1.807, 2.05) is 12.1 Å². The van der Waals surface area contributed by atoms with Crippen molar-refractivity contribution in [1.82, 2.24) is 4.90 Å². The summed E-state index contributed by atoms with van der Waals surface area (Å²) in [4.78, 5) is 2.46. The summed E-state index contributed by atoms with van der Waals surface area (Å²) in [6.45, 7) is 5.83. The highest BCUT2D eigenvalue weighted by atomic mass is 16.5. The van der Waals surface area contributed by atoms with Gasteiger partial charge < -0.3 is 19.1 Å². The summed E-state index contributed by atoms with van der Waals surface area (Å²) in [5.41, 5.74) is 2.81. The van der Waals surface area contributed by atoms with Crippen LogP contribution in [0.4, 0.5) is 0 Å². The predicted octanol–water partition coefficient (Wildman–Crippen LogP) is 4.91. The van der Waals surface area contributed by atoms with Crippen LogP contribution >= 0.6 is 0 Å². The smallest absolute Gasteiger partial charge is 0.161 e. The Labute approximate surface area is 175 Å². The molecule has 0 bridgehead atoms. The Morgan fingerprint density at radius 2 is 1.72 bits per heavy atom. The zero-order valence-corrected chi connectivity index (χ0v) is 18.3. The molecule has 3 rings (SSSR count). The van der Waals surface area contributed by atoms with Crippen molar-refractivity contribution in [2.75, 3.05) is 41.0 Å². The third-order valence-electron chi connectivity index (χ3n) is 6.02. The second-order valence-electron chi connectivity index (χ2n) is 8.51. The van der Waals surface area contributed by atoms with Crippen LogP contribution in [-0.2, 0) is 16.8 Å². The Kier molecular flexibility index (Phi) is 7.57. The summed E-state index contributed by atoms with van der Waals surface area (Å²) in [6, 6.07) is 16.8. The maximum atomic E-state index is 5.94. The van der Waals surface area contributed by atoms with Gasteiger partial charge in [-0.1, -0.05) is 49.7 Å². The molecule has 1 aliphatic rings. The number of likely N-dealkylation sites (N-methyl/N-ethyl adjacent to an activating group) is 1. The molecule has 0 heterocycles. The average Bonchev–Trinajstić information content (AvgIpc) is 2.71. The molecule has 29 heavy (non-hydrogen) atoms. The van der Waals surface area contributed by atoms with Crippen molar-refractivity contribution in [2.24, 2.45) is 5.92 Å². The normalized spacial score (nSPS) is 16.3. The Morgan fingerprint density at radius 3 is 2.34 bits per heavy atom. The van der Waals surface area contributed by atoms with Gasteiger partial charge in [-0.15, -0.1) is 0 Å². The van der Waals surface area contributed by atoms with Gasteiger partial charge in [0, 0.05) is 18.5 Å². The molecule has 4 heteroatoms. The minimum absolute atomic E-state index is 0.221. The van der Waals surface area contributed by atoms with Gasteiger partial charge in [-0.3, -0.25) is 0 Å². The number of methoxy groups -OCH3 is 2. The second kappa shape index (κ2) is 10.1. The molecule has 158 valence electrons. The number of hydrogen-bond acceptors (Lipinski definition) is 4. The molecule has 0 aromatic heterocycles. The summed E-state index contributed by atoms with van der Waals surface area (Å²) in [6.07, 6.45) is 3.75. The van der Waals surface area contributed by atoms with Crippen molar-refractivity contribution < 1.29 is 14.2 Å². The first-order chi connectivity index (χ1) is 14.1. The fourth-order valence-corrected chi connectivity index (χ4v) is 4.43. The van der Waals surface area contributed by atoms with Crippen molar-refractivity contribution in [2.45, 2.75) is 38.2 Å². The van der Waals surface area contributed by atoms with Gasteiger partial charge >= 0.3 is 0 Å². The first kappa shape index (κ1) is 21.7. The lowest BCUT2D eigenvalue weighted by Gasteiger charge is -2.45. The third kappa shape index (κ3) is 5.52.